The standard InChI is InChI=1S/C14H18N2O4S/c15-14(13(17)18)6-7-16(9-14)21(19,20)12-5-4-10-2-1-3-11(10)8-12/h4-5,8H,1-3,6-7,9,15H2,(H,17,18). The monoisotopic (exact) mass is 310 g/mol. The lowest BCUT2D eigenvalue weighted by molar-refractivity contribution is -0.142. The van der Waals surface area contributed by atoms with E-state index in [1.54, 1.807) is 12.1 Å². The Kier molecular flexibility index (Phi) is 3.31. The minimum Gasteiger partial charge on any atom is -0.480 e. The van der Waals surface area contributed by atoms with Crippen molar-refractivity contribution >= 4 is 16.0 Å². The van der Waals surface area contributed by atoms with Crippen LogP contribution in [0.3, 0.4) is 0 Å². The summed E-state index contributed by atoms with van der Waals surface area (Å²) in [6, 6.07) is 5.18. The molecule has 1 aromatic carbocycles. The fourth-order valence-corrected chi connectivity index (χ4v) is 4.60. The van der Waals surface area contributed by atoms with Crippen LogP contribution in [-0.2, 0) is 27.7 Å². The van der Waals surface area contributed by atoms with Gasteiger partial charge in [-0.05, 0) is 48.9 Å². The summed E-state index contributed by atoms with van der Waals surface area (Å²) in [5, 5.41) is 9.11. The summed E-state index contributed by atoms with van der Waals surface area (Å²) in [5.41, 5.74) is 6.55. The van der Waals surface area contributed by atoms with Crippen molar-refractivity contribution in [2.45, 2.75) is 36.1 Å². The molecule has 3 N–H and O–H groups in total. The highest BCUT2D eigenvalue weighted by Gasteiger charge is 2.45. The lowest BCUT2D eigenvalue weighted by Crippen LogP contribution is -2.50. The summed E-state index contributed by atoms with van der Waals surface area (Å²) in [4.78, 5) is 11.4. The van der Waals surface area contributed by atoms with Gasteiger partial charge >= 0.3 is 5.97 Å². The molecular weight excluding hydrogens is 292 g/mol. The number of nitrogens with zero attached hydrogens (tertiary/aromatic N) is 1. The highest BCUT2D eigenvalue weighted by atomic mass is 32.2. The normalized spacial score (nSPS) is 26.0. The minimum atomic E-state index is -3.67. The lowest BCUT2D eigenvalue weighted by atomic mass is 10.0. The first-order chi connectivity index (χ1) is 9.83. The molecule has 3 rings (SSSR count). The quantitative estimate of drug-likeness (QED) is 0.839. The van der Waals surface area contributed by atoms with E-state index in [1.165, 1.54) is 9.87 Å². The van der Waals surface area contributed by atoms with E-state index < -0.39 is 21.5 Å². The van der Waals surface area contributed by atoms with Crippen molar-refractivity contribution in [3.05, 3.63) is 29.3 Å². The van der Waals surface area contributed by atoms with Gasteiger partial charge < -0.3 is 10.8 Å². The molecule has 1 atom stereocenters. The Balaban J connectivity index is 1.90. The van der Waals surface area contributed by atoms with Crippen LogP contribution in [-0.4, -0.2) is 42.4 Å². The van der Waals surface area contributed by atoms with Crippen molar-refractivity contribution in [1.82, 2.24) is 4.31 Å². The van der Waals surface area contributed by atoms with Gasteiger partial charge in [-0.25, -0.2) is 8.42 Å². The molecule has 0 aromatic heterocycles. The number of benzene rings is 1. The number of carboxylic acid groups (broad SMARTS) is 1. The molecule has 0 saturated carbocycles. The molecule has 7 heteroatoms. The molecule has 0 radical (unpaired) electrons. The van der Waals surface area contributed by atoms with Gasteiger partial charge in [0.2, 0.25) is 10.0 Å². The highest BCUT2D eigenvalue weighted by Crippen LogP contribution is 2.29. The van der Waals surface area contributed by atoms with Gasteiger partial charge in [-0.15, -0.1) is 0 Å². The first-order valence-corrected chi connectivity index (χ1v) is 8.41. The summed E-state index contributed by atoms with van der Waals surface area (Å²) in [7, 11) is -3.67. The van der Waals surface area contributed by atoms with Crippen LogP contribution < -0.4 is 5.73 Å². The summed E-state index contributed by atoms with van der Waals surface area (Å²) < 4.78 is 26.4. The average molecular weight is 310 g/mol. The predicted octanol–water partition coefficient (Wildman–Crippen LogP) is 0.352. The number of nitrogens with two attached hydrogens (primary N) is 1. The van der Waals surface area contributed by atoms with Crippen molar-refractivity contribution in [2.75, 3.05) is 13.1 Å². The summed E-state index contributed by atoms with van der Waals surface area (Å²) >= 11 is 0. The van der Waals surface area contributed by atoms with Crippen LogP contribution in [0.4, 0.5) is 0 Å². The van der Waals surface area contributed by atoms with Gasteiger partial charge in [0.25, 0.3) is 0 Å². The van der Waals surface area contributed by atoms with E-state index in [2.05, 4.69) is 0 Å². The largest absolute Gasteiger partial charge is 0.480 e. The number of sulfonamides is 1. The maximum atomic E-state index is 12.6. The van der Waals surface area contributed by atoms with Crippen LogP contribution in [0.25, 0.3) is 0 Å². The number of fused-ring (bicyclic) bond motifs is 1. The van der Waals surface area contributed by atoms with Crippen molar-refractivity contribution < 1.29 is 18.3 Å². The zero-order chi connectivity index (χ0) is 15.3. The first kappa shape index (κ1) is 14.5. The molecule has 2 aliphatic rings. The first-order valence-electron chi connectivity index (χ1n) is 6.97. The molecule has 1 aliphatic carbocycles. The smallest absolute Gasteiger partial charge is 0.325 e. The molecular formula is C14H18N2O4S. The van der Waals surface area contributed by atoms with Crippen molar-refractivity contribution in [3.8, 4) is 0 Å². The van der Waals surface area contributed by atoms with E-state index in [-0.39, 0.29) is 24.4 Å². The SMILES string of the molecule is NC1(C(=O)O)CCN(S(=O)(=O)c2ccc3c(c2)CCC3)C1. The van der Waals surface area contributed by atoms with Gasteiger partial charge in [-0.2, -0.15) is 4.31 Å². The fraction of sp³-hybridized carbons (Fsp3) is 0.500. The maximum Gasteiger partial charge on any atom is 0.325 e. The van der Waals surface area contributed by atoms with Gasteiger partial charge in [0.05, 0.1) is 4.90 Å². The molecule has 0 amide bonds. The topological polar surface area (TPSA) is 101 Å². The Labute approximate surface area is 123 Å². The van der Waals surface area contributed by atoms with Crippen LogP contribution in [0.1, 0.15) is 24.0 Å². The van der Waals surface area contributed by atoms with E-state index in [4.69, 9.17) is 10.8 Å². The molecule has 1 aliphatic heterocycles. The van der Waals surface area contributed by atoms with Crippen molar-refractivity contribution in [1.29, 1.82) is 0 Å². The van der Waals surface area contributed by atoms with Crippen LogP contribution in [0.15, 0.2) is 23.1 Å². The van der Waals surface area contributed by atoms with Crippen molar-refractivity contribution in [3.63, 3.8) is 0 Å². The Morgan fingerprint density at radius 3 is 2.67 bits per heavy atom. The average Bonchev–Trinajstić information content (AvgIpc) is 3.05. The van der Waals surface area contributed by atoms with Crippen LogP contribution in [0.5, 0.6) is 0 Å². The van der Waals surface area contributed by atoms with E-state index in [1.807, 2.05) is 6.07 Å². The molecule has 21 heavy (non-hydrogen) atoms. The number of aryl methyl sites for hydroxylation is 2. The van der Waals surface area contributed by atoms with Crippen molar-refractivity contribution in [2.24, 2.45) is 5.73 Å². The Morgan fingerprint density at radius 2 is 2.00 bits per heavy atom. The summed E-state index contributed by atoms with van der Waals surface area (Å²) in [5.74, 6) is -1.16. The molecule has 1 unspecified atom stereocenters. The van der Waals surface area contributed by atoms with Crippen LogP contribution in [0, 0.1) is 0 Å². The molecule has 1 aromatic rings. The second-order valence-corrected chi connectivity index (χ2v) is 7.77. The van der Waals surface area contributed by atoms with Gasteiger partial charge in [0.15, 0.2) is 0 Å². The maximum absolute atomic E-state index is 12.6. The van der Waals surface area contributed by atoms with E-state index in [0.717, 1.165) is 24.8 Å². The van der Waals surface area contributed by atoms with Crippen LogP contribution in [0.2, 0.25) is 0 Å². The molecule has 114 valence electrons. The highest BCUT2D eigenvalue weighted by molar-refractivity contribution is 7.89. The van der Waals surface area contributed by atoms with Gasteiger partial charge in [0.1, 0.15) is 5.54 Å². The second-order valence-electron chi connectivity index (χ2n) is 5.83. The molecule has 0 bridgehead atoms. The molecule has 1 fully saturated rings. The zero-order valence-electron chi connectivity index (χ0n) is 11.6. The van der Waals surface area contributed by atoms with E-state index in [9.17, 15) is 13.2 Å². The molecule has 0 spiro atoms. The number of hydrogen-bond donors (Lipinski definition) is 2. The van der Waals surface area contributed by atoms with Gasteiger partial charge in [0, 0.05) is 13.1 Å². The molecule has 1 saturated heterocycles. The third-order valence-corrected chi connectivity index (χ3v) is 6.24. The van der Waals surface area contributed by atoms with E-state index >= 15 is 0 Å². The van der Waals surface area contributed by atoms with E-state index in [0.29, 0.717) is 0 Å². The Morgan fingerprint density at radius 1 is 1.29 bits per heavy atom. The summed E-state index contributed by atoms with van der Waals surface area (Å²) in [6.45, 7) is -0.0377. The zero-order valence-corrected chi connectivity index (χ0v) is 12.4. The Hall–Kier alpha value is -1.44. The Bertz CT molecular complexity index is 701. The second kappa shape index (κ2) is 4.79. The molecule has 1 heterocycles. The van der Waals surface area contributed by atoms with Gasteiger partial charge in [-0.1, -0.05) is 6.07 Å². The minimum absolute atomic E-state index is 0.131. The van der Waals surface area contributed by atoms with Crippen LogP contribution >= 0.6 is 0 Å². The summed E-state index contributed by atoms with van der Waals surface area (Å²) in [6.07, 6.45) is 3.07. The number of rotatable bonds is 3. The predicted molar refractivity (Wildman–Crippen MR) is 76.4 cm³/mol. The molecule has 6 nitrogen and oxygen atoms in total. The van der Waals surface area contributed by atoms with Gasteiger partial charge in [-0.3, -0.25) is 4.79 Å². The number of carbonyl (C=O) groups is 1. The number of aliphatic carboxylic acids is 1. The third kappa shape index (κ3) is 2.35. The third-order valence-electron chi connectivity index (χ3n) is 4.40. The number of hydrogen-bond acceptors (Lipinski definition) is 4. The number of carboxylic acids is 1. The lowest BCUT2D eigenvalue weighted by Gasteiger charge is -2.20. The fourth-order valence-electron chi connectivity index (χ4n) is 3.03.